The van der Waals surface area contributed by atoms with Crippen molar-refractivity contribution < 1.29 is 4.79 Å². The third kappa shape index (κ3) is 4.26. The van der Waals surface area contributed by atoms with Crippen molar-refractivity contribution in [3.63, 3.8) is 0 Å². The lowest BCUT2D eigenvalue weighted by atomic mass is 10.1. The summed E-state index contributed by atoms with van der Waals surface area (Å²) in [6.45, 7) is 4.55. The van der Waals surface area contributed by atoms with Crippen LogP contribution in [-0.4, -0.2) is 32.7 Å². The zero-order valence-corrected chi connectivity index (χ0v) is 15.4. The van der Waals surface area contributed by atoms with Gasteiger partial charge in [-0.05, 0) is 60.5 Å². The molecule has 26 heavy (non-hydrogen) atoms. The summed E-state index contributed by atoms with van der Waals surface area (Å²) in [5, 5.41) is 15.4. The van der Waals surface area contributed by atoms with Crippen LogP contribution in [0.15, 0.2) is 48.5 Å². The molecule has 1 N–H and O–H groups in total. The summed E-state index contributed by atoms with van der Waals surface area (Å²) in [4.78, 5) is 12.4. The summed E-state index contributed by atoms with van der Waals surface area (Å²) in [5.74, 6) is 0.519. The molecule has 0 bridgehead atoms. The van der Waals surface area contributed by atoms with Crippen LogP contribution < -0.4 is 5.32 Å². The molecule has 1 aromatic heterocycles. The fourth-order valence-corrected chi connectivity index (χ4v) is 2.86. The fourth-order valence-electron chi connectivity index (χ4n) is 2.65. The van der Waals surface area contributed by atoms with Crippen LogP contribution in [-0.2, 0) is 6.42 Å². The first kappa shape index (κ1) is 18.1. The Morgan fingerprint density at radius 3 is 2.77 bits per heavy atom. The number of hydrogen-bond donors (Lipinski definition) is 1. The molecule has 0 radical (unpaired) electrons. The highest BCUT2D eigenvalue weighted by Gasteiger charge is 2.13. The largest absolute Gasteiger partial charge is 0.352 e. The van der Waals surface area contributed by atoms with Gasteiger partial charge in [-0.1, -0.05) is 35.9 Å². The minimum absolute atomic E-state index is 0.127. The van der Waals surface area contributed by atoms with Gasteiger partial charge < -0.3 is 5.32 Å². The standard InChI is InChI=1S/C19H20ClN5O/c1-13(2)25-18(22-23-24-25)15-6-4-7-16(12-15)19(26)21-10-9-14-5-3-8-17(20)11-14/h3-8,11-13H,9-10H2,1-2H3,(H,21,26). The molecule has 1 amide bonds. The minimum atomic E-state index is -0.127. The minimum Gasteiger partial charge on any atom is -0.352 e. The van der Waals surface area contributed by atoms with E-state index in [1.807, 2.05) is 50.2 Å². The highest BCUT2D eigenvalue weighted by molar-refractivity contribution is 6.30. The summed E-state index contributed by atoms with van der Waals surface area (Å²) in [6, 6.07) is 15.1. The molecule has 3 rings (SSSR count). The van der Waals surface area contributed by atoms with Crippen molar-refractivity contribution in [1.82, 2.24) is 25.5 Å². The van der Waals surface area contributed by atoms with Gasteiger partial charge in [0.05, 0.1) is 6.04 Å². The Hall–Kier alpha value is -2.73. The first-order valence-corrected chi connectivity index (χ1v) is 8.83. The molecule has 0 unspecified atom stereocenters. The molecule has 0 aliphatic heterocycles. The zero-order chi connectivity index (χ0) is 18.5. The third-order valence-electron chi connectivity index (χ3n) is 3.95. The number of tetrazole rings is 1. The van der Waals surface area contributed by atoms with Crippen molar-refractivity contribution in [1.29, 1.82) is 0 Å². The monoisotopic (exact) mass is 369 g/mol. The number of nitrogens with zero attached hydrogens (tertiary/aromatic N) is 4. The first-order valence-electron chi connectivity index (χ1n) is 8.45. The molecule has 0 saturated carbocycles. The normalized spacial score (nSPS) is 10.9. The lowest BCUT2D eigenvalue weighted by Crippen LogP contribution is -2.25. The number of hydrogen-bond acceptors (Lipinski definition) is 4. The fraction of sp³-hybridized carbons (Fsp3) is 0.263. The van der Waals surface area contributed by atoms with E-state index in [4.69, 9.17) is 11.6 Å². The quantitative estimate of drug-likeness (QED) is 0.721. The number of benzene rings is 2. The maximum absolute atomic E-state index is 12.4. The highest BCUT2D eigenvalue weighted by Crippen LogP contribution is 2.20. The summed E-state index contributed by atoms with van der Waals surface area (Å²) in [5.41, 5.74) is 2.47. The molecule has 3 aromatic rings. The van der Waals surface area contributed by atoms with E-state index in [0.717, 1.165) is 17.5 Å². The van der Waals surface area contributed by atoms with Crippen LogP contribution in [0.5, 0.6) is 0 Å². The Kier molecular flexibility index (Phi) is 5.63. The first-order chi connectivity index (χ1) is 12.5. The number of amides is 1. The van der Waals surface area contributed by atoms with Crippen molar-refractivity contribution >= 4 is 17.5 Å². The van der Waals surface area contributed by atoms with Gasteiger partial charge in [0.2, 0.25) is 0 Å². The second-order valence-corrected chi connectivity index (χ2v) is 6.69. The Bertz CT molecular complexity index is 906. The average molecular weight is 370 g/mol. The van der Waals surface area contributed by atoms with Gasteiger partial charge in [0.15, 0.2) is 5.82 Å². The number of rotatable bonds is 6. The summed E-state index contributed by atoms with van der Waals surface area (Å²) in [6.07, 6.45) is 0.720. The maximum Gasteiger partial charge on any atom is 0.251 e. The second-order valence-electron chi connectivity index (χ2n) is 6.26. The van der Waals surface area contributed by atoms with E-state index in [2.05, 4.69) is 20.8 Å². The summed E-state index contributed by atoms with van der Waals surface area (Å²) >= 11 is 5.98. The lowest BCUT2D eigenvalue weighted by molar-refractivity contribution is 0.0954. The van der Waals surface area contributed by atoms with E-state index in [1.165, 1.54) is 0 Å². The zero-order valence-electron chi connectivity index (χ0n) is 14.7. The number of halogens is 1. The second kappa shape index (κ2) is 8.10. The Labute approximate surface area is 157 Å². The molecule has 0 saturated heterocycles. The van der Waals surface area contributed by atoms with E-state index in [1.54, 1.807) is 16.8 Å². The van der Waals surface area contributed by atoms with Crippen LogP contribution in [0.4, 0.5) is 0 Å². The molecule has 6 nitrogen and oxygen atoms in total. The van der Waals surface area contributed by atoms with Gasteiger partial charge in [-0.3, -0.25) is 4.79 Å². The van der Waals surface area contributed by atoms with Crippen LogP contribution in [0.3, 0.4) is 0 Å². The summed E-state index contributed by atoms with van der Waals surface area (Å²) < 4.78 is 1.73. The smallest absolute Gasteiger partial charge is 0.251 e. The van der Waals surface area contributed by atoms with Crippen molar-refractivity contribution in [2.75, 3.05) is 6.54 Å². The number of nitrogens with one attached hydrogen (secondary N) is 1. The molecular weight excluding hydrogens is 350 g/mol. The van der Waals surface area contributed by atoms with Gasteiger partial charge in [-0.15, -0.1) is 5.10 Å². The van der Waals surface area contributed by atoms with Crippen molar-refractivity contribution in [2.24, 2.45) is 0 Å². The molecule has 0 fully saturated rings. The lowest BCUT2D eigenvalue weighted by Gasteiger charge is -2.09. The van der Waals surface area contributed by atoms with Crippen LogP contribution in [0, 0.1) is 0 Å². The number of carbonyl (C=O) groups is 1. The third-order valence-corrected chi connectivity index (χ3v) is 4.19. The average Bonchev–Trinajstić information content (AvgIpc) is 3.12. The molecule has 0 aliphatic rings. The molecule has 2 aromatic carbocycles. The van der Waals surface area contributed by atoms with E-state index in [-0.39, 0.29) is 11.9 Å². The van der Waals surface area contributed by atoms with Gasteiger partial charge in [0, 0.05) is 22.7 Å². The van der Waals surface area contributed by atoms with E-state index < -0.39 is 0 Å². The van der Waals surface area contributed by atoms with Gasteiger partial charge in [0.1, 0.15) is 0 Å². The molecule has 0 aliphatic carbocycles. The van der Waals surface area contributed by atoms with E-state index in [9.17, 15) is 4.79 Å². The Morgan fingerprint density at radius 1 is 1.19 bits per heavy atom. The van der Waals surface area contributed by atoms with Crippen LogP contribution in [0.2, 0.25) is 5.02 Å². The Balaban J connectivity index is 1.67. The highest BCUT2D eigenvalue weighted by atomic mass is 35.5. The number of carbonyl (C=O) groups excluding carboxylic acids is 1. The molecular formula is C19H20ClN5O. The van der Waals surface area contributed by atoms with Gasteiger partial charge in [-0.2, -0.15) is 0 Å². The van der Waals surface area contributed by atoms with Gasteiger partial charge >= 0.3 is 0 Å². The molecule has 134 valence electrons. The predicted octanol–water partition coefficient (Wildman–Crippen LogP) is 3.55. The molecule has 0 atom stereocenters. The topological polar surface area (TPSA) is 72.7 Å². The van der Waals surface area contributed by atoms with Crippen LogP contribution in [0.25, 0.3) is 11.4 Å². The van der Waals surface area contributed by atoms with E-state index >= 15 is 0 Å². The van der Waals surface area contributed by atoms with Crippen molar-refractivity contribution in [2.45, 2.75) is 26.3 Å². The number of aromatic nitrogens is 4. The maximum atomic E-state index is 12.4. The Morgan fingerprint density at radius 2 is 2.00 bits per heavy atom. The van der Waals surface area contributed by atoms with Gasteiger partial charge in [-0.25, -0.2) is 4.68 Å². The van der Waals surface area contributed by atoms with Crippen molar-refractivity contribution in [3.8, 4) is 11.4 Å². The van der Waals surface area contributed by atoms with Crippen molar-refractivity contribution in [3.05, 3.63) is 64.7 Å². The molecule has 1 heterocycles. The SMILES string of the molecule is CC(C)n1nnnc1-c1cccc(C(=O)NCCc2cccc(Cl)c2)c1. The molecule has 0 spiro atoms. The predicted molar refractivity (Wildman–Crippen MR) is 101 cm³/mol. The van der Waals surface area contributed by atoms with Crippen LogP contribution >= 0.6 is 11.6 Å². The summed E-state index contributed by atoms with van der Waals surface area (Å²) in [7, 11) is 0. The van der Waals surface area contributed by atoms with Crippen LogP contribution in [0.1, 0.15) is 35.8 Å². The molecule has 7 heteroatoms. The van der Waals surface area contributed by atoms with Gasteiger partial charge in [0.25, 0.3) is 5.91 Å². The van der Waals surface area contributed by atoms with E-state index in [0.29, 0.717) is 23.0 Å².